The molecule has 1 fully saturated rings. The lowest BCUT2D eigenvalue weighted by molar-refractivity contribution is 0.203. The zero-order valence-electron chi connectivity index (χ0n) is 30.8. The van der Waals surface area contributed by atoms with Gasteiger partial charge in [0.25, 0.3) is 0 Å². The van der Waals surface area contributed by atoms with E-state index in [1.807, 2.05) is 0 Å². The lowest BCUT2D eigenvalue weighted by atomic mass is 9.89. The molecule has 1 heterocycles. The van der Waals surface area contributed by atoms with Gasteiger partial charge >= 0.3 is 0 Å². The van der Waals surface area contributed by atoms with Crippen LogP contribution in [-0.4, -0.2) is 0 Å². The van der Waals surface area contributed by atoms with E-state index in [0.717, 1.165) is 0 Å². The molecule has 10 aromatic carbocycles. The molecule has 3 heteroatoms. The maximum Gasteiger partial charge on any atom is 0.0864 e. The number of benzene rings is 10. The van der Waals surface area contributed by atoms with Crippen LogP contribution in [0.1, 0.15) is 35.2 Å². The molecule has 0 radical (unpaired) electrons. The molecule has 266 valence electrons. The molecule has 3 unspecified atom stereocenters. The topological polar surface area (TPSA) is 36.1 Å². The second kappa shape index (κ2) is 13.6. The van der Waals surface area contributed by atoms with Gasteiger partial charge in [-0.25, -0.2) is 0 Å². The summed E-state index contributed by atoms with van der Waals surface area (Å²) in [5.74, 6) is 0. The van der Waals surface area contributed by atoms with E-state index in [-0.39, 0.29) is 18.5 Å². The minimum Gasteiger partial charge on any atom is -0.279 e. The van der Waals surface area contributed by atoms with E-state index >= 15 is 0 Å². The zero-order valence-corrected chi connectivity index (χ0v) is 30.8. The maximum atomic E-state index is 3.95. The third-order valence-corrected chi connectivity index (χ3v) is 11.7. The predicted octanol–water partition coefficient (Wildman–Crippen LogP) is 13.0. The van der Waals surface area contributed by atoms with Crippen molar-refractivity contribution in [2.75, 3.05) is 0 Å². The highest BCUT2D eigenvalue weighted by molar-refractivity contribution is 6.20. The first-order valence-electron chi connectivity index (χ1n) is 19.5. The first kappa shape index (κ1) is 32.8. The molecule has 1 saturated heterocycles. The summed E-state index contributed by atoms with van der Waals surface area (Å²) in [6, 6.07) is 73.1. The Morgan fingerprint density at radius 1 is 0.250 bits per heavy atom. The molecule has 0 amide bonds. The van der Waals surface area contributed by atoms with Crippen molar-refractivity contribution in [1.29, 1.82) is 0 Å². The normalized spacial score (nSPS) is 17.2. The van der Waals surface area contributed by atoms with Gasteiger partial charge in [-0.2, -0.15) is 0 Å². The summed E-state index contributed by atoms with van der Waals surface area (Å²) >= 11 is 0. The average Bonchev–Trinajstić information content (AvgIpc) is 3.28. The van der Waals surface area contributed by atoms with Crippen LogP contribution in [0, 0.1) is 0 Å². The molecule has 1 aliphatic rings. The van der Waals surface area contributed by atoms with Crippen molar-refractivity contribution in [2.45, 2.75) is 18.5 Å². The van der Waals surface area contributed by atoms with Crippen LogP contribution in [0.4, 0.5) is 0 Å². The van der Waals surface area contributed by atoms with Crippen LogP contribution in [0.5, 0.6) is 0 Å². The molecule has 56 heavy (non-hydrogen) atoms. The number of hydrogen-bond donors (Lipinski definition) is 3. The molecular weight excluding hydrogens is 679 g/mol. The number of nitrogens with one attached hydrogen (secondary N) is 3. The highest BCUT2D eigenvalue weighted by atomic mass is 15.4. The van der Waals surface area contributed by atoms with Crippen molar-refractivity contribution in [3.8, 4) is 22.3 Å². The molecule has 3 N–H and O–H groups in total. The highest BCUT2D eigenvalue weighted by Crippen LogP contribution is 2.40. The van der Waals surface area contributed by atoms with Crippen molar-refractivity contribution in [1.82, 2.24) is 16.0 Å². The Morgan fingerprint density at radius 3 is 1.50 bits per heavy atom. The summed E-state index contributed by atoms with van der Waals surface area (Å²) in [6.07, 6.45) is -0.309. The first-order valence-corrected chi connectivity index (χ1v) is 19.5. The molecule has 10 aromatic rings. The van der Waals surface area contributed by atoms with Gasteiger partial charge in [0.15, 0.2) is 0 Å². The summed E-state index contributed by atoms with van der Waals surface area (Å²) in [5, 5.41) is 24.5. The molecule has 0 saturated carbocycles. The standard InChI is InChI=1S/C53H39N3/c1-2-11-34(12-3-1)39-16-10-17-42(31-39)52-54-51(55-53(56-52)43-28-29-46-41(32-43)26-21-35-13-4-7-18-44(35)46)38-24-22-37(23-25-38)50-47-20-9-6-15-40(47)33-49-45-19-8-5-14-36(45)27-30-48(49)50/h1-33,51-56H. The number of rotatable bonds is 5. The van der Waals surface area contributed by atoms with E-state index in [9.17, 15) is 0 Å². The molecule has 11 rings (SSSR count). The Labute approximate surface area is 326 Å². The molecule has 0 spiro atoms. The van der Waals surface area contributed by atoms with Gasteiger partial charge in [0.2, 0.25) is 0 Å². The fraction of sp³-hybridized carbons (Fsp3) is 0.0566. The number of fused-ring (bicyclic) bond motifs is 7. The van der Waals surface area contributed by atoms with Crippen LogP contribution < -0.4 is 16.0 Å². The fourth-order valence-electron chi connectivity index (χ4n) is 8.93. The average molecular weight is 718 g/mol. The third-order valence-electron chi connectivity index (χ3n) is 11.7. The van der Waals surface area contributed by atoms with Crippen LogP contribution in [-0.2, 0) is 0 Å². The van der Waals surface area contributed by atoms with Crippen molar-refractivity contribution < 1.29 is 0 Å². The number of hydrogen-bond acceptors (Lipinski definition) is 3. The van der Waals surface area contributed by atoms with E-state index in [4.69, 9.17) is 0 Å². The second-order valence-corrected chi connectivity index (χ2v) is 15.0. The molecule has 1 aliphatic heterocycles. The lowest BCUT2D eigenvalue weighted by Crippen LogP contribution is -2.54. The summed E-state index contributed by atoms with van der Waals surface area (Å²) in [7, 11) is 0. The molecule has 3 atom stereocenters. The maximum absolute atomic E-state index is 3.95. The van der Waals surface area contributed by atoms with Crippen LogP contribution >= 0.6 is 0 Å². The van der Waals surface area contributed by atoms with E-state index in [0.29, 0.717) is 0 Å². The van der Waals surface area contributed by atoms with Gasteiger partial charge in [0.05, 0.1) is 18.5 Å². The van der Waals surface area contributed by atoms with Crippen LogP contribution in [0.25, 0.3) is 76.1 Å². The molecule has 0 bridgehead atoms. The van der Waals surface area contributed by atoms with Gasteiger partial charge in [-0.15, -0.1) is 0 Å². The zero-order chi connectivity index (χ0) is 37.0. The summed E-state index contributed by atoms with van der Waals surface area (Å²) in [5.41, 5.74) is 8.49. The predicted molar refractivity (Wildman–Crippen MR) is 235 cm³/mol. The van der Waals surface area contributed by atoms with Crippen molar-refractivity contribution in [3.63, 3.8) is 0 Å². The van der Waals surface area contributed by atoms with E-state index in [1.54, 1.807) is 0 Å². The highest BCUT2D eigenvalue weighted by Gasteiger charge is 2.30. The Bertz CT molecular complexity index is 3080. The van der Waals surface area contributed by atoms with E-state index in [1.165, 1.54) is 92.8 Å². The summed E-state index contributed by atoms with van der Waals surface area (Å²) in [6.45, 7) is 0. The Morgan fingerprint density at radius 2 is 0.750 bits per heavy atom. The van der Waals surface area contributed by atoms with Crippen molar-refractivity contribution >= 4 is 53.9 Å². The second-order valence-electron chi connectivity index (χ2n) is 15.0. The minimum atomic E-state index is -0.110. The Balaban J connectivity index is 0.997. The largest absolute Gasteiger partial charge is 0.279 e. The van der Waals surface area contributed by atoms with E-state index < -0.39 is 0 Å². The molecule has 0 aromatic heterocycles. The molecule has 0 aliphatic carbocycles. The third kappa shape index (κ3) is 5.73. The lowest BCUT2D eigenvalue weighted by Gasteiger charge is -2.40. The quantitative estimate of drug-likeness (QED) is 0.123. The Hall–Kier alpha value is -6.62. The van der Waals surface area contributed by atoms with Gasteiger partial charge in [-0.1, -0.05) is 182 Å². The molecular formula is C53H39N3. The first-order chi connectivity index (χ1) is 27.7. The smallest absolute Gasteiger partial charge is 0.0864 e. The SMILES string of the molecule is c1ccc(-c2cccc(C3NC(c4ccc(-c5c6ccccc6cc6c5ccc5ccccc56)cc4)NC(c4ccc5c(ccc6ccccc65)c4)N3)c2)cc1. The van der Waals surface area contributed by atoms with Crippen LogP contribution in [0.15, 0.2) is 200 Å². The molecule has 3 nitrogen and oxygen atoms in total. The summed E-state index contributed by atoms with van der Waals surface area (Å²) in [4.78, 5) is 0. The Kier molecular flexibility index (Phi) is 7.96. The van der Waals surface area contributed by atoms with Gasteiger partial charge in [0, 0.05) is 0 Å². The van der Waals surface area contributed by atoms with E-state index in [2.05, 4.69) is 216 Å². The van der Waals surface area contributed by atoms with Gasteiger partial charge in [0.1, 0.15) is 0 Å². The van der Waals surface area contributed by atoms with Crippen LogP contribution in [0.2, 0.25) is 0 Å². The fourth-order valence-corrected chi connectivity index (χ4v) is 8.93. The van der Waals surface area contributed by atoms with Gasteiger partial charge in [-0.05, 0) is 111 Å². The monoisotopic (exact) mass is 717 g/mol. The summed E-state index contributed by atoms with van der Waals surface area (Å²) < 4.78 is 0. The van der Waals surface area contributed by atoms with Gasteiger partial charge < -0.3 is 0 Å². The van der Waals surface area contributed by atoms with Crippen molar-refractivity contribution in [2.24, 2.45) is 0 Å². The minimum absolute atomic E-state index is 0.0996. The van der Waals surface area contributed by atoms with Crippen molar-refractivity contribution in [3.05, 3.63) is 217 Å². The van der Waals surface area contributed by atoms with Crippen LogP contribution in [0.3, 0.4) is 0 Å². The van der Waals surface area contributed by atoms with Gasteiger partial charge in [-0.3, -0.25) is 16.0 Å².